The molecule has 0 saturated heterocycles. The Morgan fingerprint density at radius 2 is 1.93 bits per heavy atom. The molecule has 0 atom stereocenters. The van der Waals surface area contributed by atoms with Crippen molar-refractivity contribution in [3.05, 3.63) is 57.8 Å². The standard InChI is InChI=1S/C23H21N3O2S2/c1-28-16-10-5-4-9-15(16)25-22(27)21-19(24)18-13-7-2-3-8-14(13)20(26-23(18)30-21)17-11-6-12-29-17/h4-6,9-12H,2-3,7-8,24H2,1H3,(H,25,27). The lowest BCUT2D eigenvalue weighted by Crippen LogP contribution is -2.13. The lowest BCUT2D eigenvalue weighted by atomic mass is 9.88. The molecule has 5 nitrogen and oxygen atoms in total. The second-order valence-electron chi connectivity index (χ2n) is 7.28. The maximum Gasteiger partial charge on any atom is 0.268 e. The number of amides is 1. The van der Waals surface area contributed by atoms with Gasteiger partial charge in [-0.25, -0.2) is 4.98 Å². The van der Waals surface area contributed by atoms with Crippen LogP contribution < -0.4 is 15.8 Å². The van der Waals surface area contributed by atoms with E-state index in [9.17, 15) is 4.79 Å². The second kappa shape index (κ2) is 7.74. The third-order valence-electron chi connectivity index (χ3n) is 5.51. The maximum atomic E-state index is 13.1. The molecule has 1 aliphatic rings. The molecule has 0 saturated carbocycles. The summed E-state index contributed by atoms with van der Waals surface area (Å²) in [7, 11) is 1.58. The Morgan fingerprint density at radius 1 is 1.13 bits per heavy atom. The zero-order chi connectivity index (χ0) is 20.7. The van der Waals surface area contributed by atoms with E-state index < -0.39 is 0 Å². The Bertz CT molecular complexity index is 1250. The molecule has 152 valence electrons. The number of aryl methyl sites for hydroxylation is 1. The third kappa shape index (κ3) is 3.14. The fourth-order valence-corrected chi connectivity index (χ4v) is 5.89. The van der Waals surface area contributed by atoms with Gasteiger partial charge in [0.05, 0.1) is 29.1 Å². The number of benzene rings is 1. The van der Waals surface area contributed by atoms with Crippen LogP contribution in [-0.4, -0.2) is 18.0 Å². The van der Waals surface area contributed by atoms with Crippen LogP contribution in [0.15, 0.2) is 41.8 Å². The summed E-state index contributed by atoms with van der Waals surface area (Å²) in [4.78, 5) is 20.6. The molecule has 1 amide bonds. The number of nitrogens with two attached hydrogens (primary N) is 1. The minimum atomic E-state index is -0.234. The van der Waals surface area contributed by atoms with Crippen LogP contribution in [0.1, 0.15) is 33.6 Å². The smallest absolute Gasteiger partial charge is 0.268 e. The van der Waals surface area contributed by atoms with Gasteiger partial charge >= 0.3 is 0 Å². The number of thiophene rings is 2. The van der Waals surface area contributed by atoms with Gasteiger partial charge in [0.2, 0.25) is 0 Å². The van der Waals surface area contributed by atoms with Crippen LogP contribution in [0, 0.1) is 0 Å². The number of pyridine rings is 1. The number of hydrogen-bond donors (Lipinski definition) is 2. The number of nitrogens with one attached hydrogen (secondary N) is 1. The predicted octanol–water partition coefficient (Wildman–Crippen LogP) is 5.75. The van der Waals surface area contributed by atoms with Crippen LogP contribution in [-0.2, 0) is 12.8 Å². The number of fused-ring (bicyclic) bond motifs is 3. The zero-order valence-electron chi connectivity index (χ0n) is 16.5. The molecule has 0 spiro atoms. The Morgan fingerprint density at radius 3 is 2.70 bits per heavy atom. The van der Waals surface area contributed by atoms with Gasteiger partial charge in [0.15, 0.2) is 0 Å². The number of carbonyl (C=O) groups excluding carboxylic acids is 1. The monoisotopic (exact) mass is 435 g/mol. The SMILES string of the molecule is COc1ccccc1NC(=O)c1sc2nc(-c3cccs3)c3c(c2c1N)CCCC3. The van der Waals surface area contributed by atoms with E-state index in [1.807, 2.05) is 24.3 Å². The van der Waals surface area contributed by atoms with E-state index in [-0.39, 0.29) is 5.91 Å². The summed E-state index contributed by atoms with van der Waals surface area (Å²) in [5.41, 5.74) is 11.3. The predicted molar refractivity (Wildman–Crippen MR) is 125 cm³/mol. The summed E-state index contributed by atoms with van der Waals surface area (Å²) >= 11 is 3.06. The van der Waals surface area contributed by atoms with Gasteiger partial charge in [0.25, 0.3) is 5.91 Å². The van der Waals surface area contributed by atoms with E-state index in [1.165, 1.54) is 27.3 Å². The lowest BCUT2D eigenvalue weighted by Gasteiger charge is -2.19. The molecule has 3 aromatic heterocycles. The van der Waals surface area contributed by atoms with E-state index in [0.29, 0.717) is 22.0 Å². The van der Waals surface area contributed by atoms with Gasteiger partial charge in [-0.3, -0.25) is 4.79 Å². The number of hydrogen-bond acceptors (Lipinski definition) is 6. The van der Waals surface area contributed by atoms with E-state index in [4.69, 9.17) is 15.5 Å². The van der Waals surface area contributed by atoms with Crippen molar-refractivity contribution in [3.63, 3.8) is 0 Å². The van der Waals surface area contributed by atoms with Gasteiger partial charge in [-0.2, -0.15) is 0 Å². The Balaban J connectivity index is 1.62. The summed E-state index contributed by atoms with van der Waals surface area (Å²) < 4.78 is 5.35. The van der Waals surface area contributed by atoms with Crippen LogP contribution in [0.5, 0.6) is 5.75 Å². The highest BCUT2D eigenvalue weighted by molar-refractivity contribution is 7.21. The first-order chi connectivity index (χ1) is 14.7. The number of carbonyl (C=O) groups is 1. The van der Waals surface area contributed by atoms with Crippen molar-refractivity contribution < 1.29 is 9.53 Å². The molecule has 0 radical (unpaired) electrons. The normalized spacial score (nSPS) is 13.2. The number of ether oxygens (including phenoxy) is 1. The first-order valence-electron chi connectivity index (χ1n) is 9.89. The van der Waals surface area contributed by atoms with Crippen molar-refractivity contribution in [1.82, 2.24) is 4.98 Å². The topological polar surface area (TPSA) is 77.2 Å². The zero-order valence-corrected chi connectivity index (χ0v) is 18.2. The van der Waals surface area contributed by atoms with Gasteiger partial charge in [-0.05, 0) is 60.4 Å². The molecular weight excluding hydrogens is 414 g/mol. The first kappa shape index (κ1) is 19.1. The number of rotatable bonds is 4. The molecule has 3 N–H and O–H groups in total. The Hall–Kier alpha value is -2.90. The highest BCUT2D eigenvalue weighted by atomic mass is 32.1. The van der Waals surface area contributed by atoms with E-state index in [2.05, 4.69) is 22.8 Å². The van der Waals surface area contributed by atoms with Crippen molar-refractivity contribution in [2.24, 2.45) is 0 Å². The molecule has 1 aromatic carbocycles. The van der Waals surface area contributed by atoms with Crippen LogP contribution in [0.4, 0.5) is 11.4 Å². The first-order valence-corrected chi connectivity index (χ1v) is 11.6. The molecule has 0 fully saturated rings. The minimum absolute atomic E-state index is 0.234. The molecule has 4 aromatic rings. The molecule has 1 aliphatic carbocycles. The molecule has 0 aliphatic heterocycles. The molecule has 5 rings (SSSR count). The van der Waals surface area contributed by atoms with Gasteiger partial charge < -0.3 is 15.8 Å². The maximum absolute atomic E-state index is 13.1. The summed E-state index contributed by atoms with van der Waals surface area (Å²) in [5.74, 6) is 0.378. The average molecular weight is 436 g/mol. The van der Waals surface area contributed by atoms with Crippen LogP contribution >= 0.6 is 22.7 Å². The fraction of sp³-hybridized carbons (Fsp3) is 0.217. The van der Waals surface area contributed by atoms with Crippen LogP contribution in [0.25, 0.3) is 20.8 Å². The van der Waals surface area contributed by atoms with Crippen molar-refractivity contribution in [1.29, 1.82) is 0 Å². The Kier molecular flexibility index (Phi) is 4.92. The highest BCUT2D eigenvalue weighted by Crippen LogP contribution is 2.43. The summed E-state index contributed by atoms with van der Waals surface area (Å²) in [6.07, 6.45) is 4.27. The number of methoxy groups -OCH3 is 1. The summed E-state index contributed by atoms with van der Waals surface area (Å²) in [6.45, 7) is 0. The number of nitrogen functional groups attached to an aromatic ring is 1. The molecule has 30 heavy (non-hydrogen) atoms. The number of aromatic nitrogens is 1. The lowest BCUT2D eigenvalue weighted by molar-refractivity contribution is 0.103. The van der Waals surface area contributed by atoms with Crippen molar-refractivity contribution in [2.45, 2.75) is 25.7 Å². The molecule has 7 heteroatoms. The fourth-order valence-electron chi connectivity index (χ4n) is 4.13. The van der Waals surface area contributed by atoms with Crippen molar-refractivity contribution in [2.75, 3.05) is 18.2 Å². The van der Waals surface area contributed by atoms with Gasteiger partial charge in [0, 0.05) is 5.39 Å². The number of anilines is 2. The van der Waals surface area contributed by atoms with Gasteiger partial charge in [-0.15, -0.1) is 22.7 Å². The molecule has 0 unspecified atom stereocenters. The number of nitrogens with zero attached hydrogens (tertiary/aromatic N) is 1. The van der Waals surface area contributed by atoms with E-state index in [0.717, 1.165) is 41.6 Å². The summed E-state index contributed by atoms with van der Waals surface area (Å²) in [6, 6.07) is 11.5. The third-order valence-corrected chi connectivity index (χ3v) is 7.49. The summed E-state index contributed by atoms with van der Waals surface area (Å²) in [5, 5.41) is 5.98. The second-order valence-corrected chi connectivity index (χ2v) is 9.23. The van der Waals surface area contributed by atoms with E-state index in [1.54, 1.807) is 18.4 Å². The van der Waals surface area contributed by atoms with Crippen molar-refractivity contribution >= 4 is 50.2 Å². The van der Waals surface area contributed by atoms with Gasteiger partial charge in [-0.1, -0.05) is 18.2 Å². The average Bonchev–Trinajstić information content (AvgIpc) is 3.42. The van der Waals surface area contributed by atoms with Crippen LogP contribution in [0.3, 0.4) is 0 Å². The Labute approximate surface area is 182 Å². The van der Waals surface area contributed by atoms with Crippen molar-refractivity contribution in [3.8, 4) is 16.3 Å². The van der Waals surface area contributed by atoms with Gasteiger partial charge in [0.1, 0.15) is 15.5 Å². The molecular formula is C23H21N3O2S2. The highest BCUT2D eigenvalue weighted by Gasteiger charge is 2.26. The minimum Gasteiger partial charge on any atom is -0.495 e. The van der Waals surface area contributed by atoms with Crippen LogP contribution in [0.2, 0.25) is 0 Å². The largest absolute Gasteiger partial charge is 0.495 e. The quantitative estimate of drug-likeness (QED) is 0.428. The number of para-hydroxylation sites is 2. The molecule has 0 bridgehead atoms. The molecule has 3 heterocycles. The van der Waals surface area contributed by atoms with E-state index >= 15 is 0 Å².